The van der Waals surface area contributed by atoms with Gasteiger partial charge in [0.2, 0.25) is 0 Å². The SMILES string of the molecule is CC1(C)c2ccccc2-c2ccc(N(c3ccc(CCO)cc3)c3ccc(CCO)cc3)cc21. The van der Waals surface area contributed by atoms with Crippen LogP contribution in [0.25, 0.3) is 11.1 Å². The lowest BCUT2D eigenvalue weighted by atomic mass is 9.82. The molecule has 34 heavy (non-hydrogen) atoms. The maximum Gasteiger partial charge on any atom is 0.0471 e. The molecule has 0 radical (unpaired) electrons. The van der Waals surface area contributed by atoms with Crippen molar-refractivity contribution in [1.82, 2.24) is 0 Å². The Bertz CT molecular complexity index is 1240. The largest absolute Gasteiger partial charge is 0.396 e. The molecule has 0 atom stereocenters. The van der Waals surface area contributed by atoms with E-state index in [1.54, 1.807) is 0 Å². The number of nitrogens with zero attached hydrogens (tertiary/aromatic N) is 1. The number of benzene rings is 4. The monoisotopic (exact) mass is 449 g/mol. The fourth-order valence-corrected chi connectivity index (χ4v) is 5.16. The molecule has 0 aliphatic heterocycles. The molecule has 0 bridgehead atoms. The summed E-state index contributed by atoms with van der Waals surface area (Å²) < 4.78 is 0. The Labute approximate surface area is 201 Å². The highest BCUT2D eigenvalue weighted by Crippen LogP contribution is 2.50. The molecule has 172 valence electrons. The molecule has 2 N–H and O–H groups in total. The number of hydrogen-bond donors (Lipinski definition) is 2. The van der Waals surface area contributed by atoms with Crippen LogP contribution in [0.1, 0.15) is 36.1 Å². The summed E-state index contributed by atoms with van der Waals surface area (Å²) in [5, 5.41) is 18.6. The summed E-state index contributed by atoms with van der Waals surface area (Å²) >= 11 is 0. The number of hydrogen-bond acceptors (Lipinski definition) is 3. The highest BCUT2D eigenvalue weighted by atomic mass is 16.3. The molecule has 0 fully saturated rings. The summed E-state index contributed by atoms with van der Waals surface area (Å²) in [4.78, 5) is 2.28. The molecule has 5 rings (SSSR count). The molecule has 0 aromatic heterocycles. The predicted octanol–water partition coefficient (Wildman–Crippen LogP) is 6.53. The van der Waals surface area contributed by atoms with Gasteiger partial charge < -0.3 is 15.1 Å². The summed E-state index contributed by atoms with van der Waals surface area (Å²) in [5.41, 5.74) is 10.8. The van der Waals surface area contributed by atoms with Crippen LogP contribution in [0.4, 0.5) is 17.1 Å². The van der Waals surface area contributed by atoms with Crippen LogP contribution in [0.15, 0.2) is 91.0 Å². The van der Waals surface area contributed by atoms with Crippen molar-refractivity contribution in [2.24, 2.45) is 0 Å². The Morgan fingerprint density at radius 3 is 1.65 bits per heavy atom. The Balaban J connectivity index is 1.62. The molecule has 4 aromatic rings. The molecule has 4 aromatic carbocycles. The minimum atomic E-state index is -0.0659. The van der Waals surface area contributed by atoms with Crippen LogP contribution in [-0.4, -0.2) is 23.4 Å². The molecule has 1 aliphatic rings. The topological polar surface area (TPSA) is 43.7 Å². The second-order valence-corrected chi connectivity index (χ2v) is 9.52. The predicted molar refractivity (Wildman–Crippen MR) is 140 cm³/mol. The van der Waals surface area contributed by atoms with Crippen LogP contribution in [0, 0.1) is 0 Å². The maximum absolute atomic E-state index is 9.31. The first-order valence-corrected chi connectivity index (χ1v) is 12.0. The molecular weight excluding hydrogens is 418 g/mol. The minimum Gasteiger partial charge on any atom is -0.396 e. The lowest BCUT2D eigenvalue weighted by molar-refractivity contribution is 0.299. The van der Waals surface area contributed by atoms with Crippen LogP contribution < -0.4 is 4.90 Å². The van der Waals surface area contributed by atoms with E-state index in [0.29, 0.717) is 12.8 Å². The standard InChI is InChI=1S/C31H31NO2/c1-31(2)29-6-4-3-5-27(29)28-16-15-26(21-30(28)31)32(24-11-7-22(8-12-24)17-19-33)25-13-9-23(10-14-25)18-20-34/h3-16,21,33-34H,17-20H2,1-2H3. The zero-order valence-corrected chi connectivity index (χ0v) is 19.8. The van der Waals surface area contributed by atoms with E-state index in [-0.39, 0.29) is 18.6 Å². The van der Waals surface area contributed by atoms with Gasteiger partial charge in [0.25, 0.3) is 0 Å². The molecule has 0 spiro atoms. The van der Waals surface area contributed by atoms with Gasteiger partial charge in [-0.3, -0.25) is 0 Å². The van der Waals surface area contributed by atoms with E-state index >= 15 is 0 Å². The molecule has 0 saturated heterocycles. The van der Waals surface area contributed by atoms with E-state index in [1.807, 2.05) is 0 Å². The van der Waals surface area contributed by atoms with Crippen LogP contribution >= 0.6 is 0 Å². The summed E-state index contributed by atoms with van der Waals surface area (Å²) in [6.07, 6.45) is 1.31. The van der Waals surface area contributed by atoms with Crippen molar-refractivity contribution in [3.8, 4) is 11.1 Å². The van der Waals surface area contributed by atoms with Crippen LogP contribution in [0.5, 0.6) is 0 Å². The van der Waals surface area contributed by atoms with Crippen LogP contribution in [0.2, 0.25) is 0 Å². The van der Waals surface area contributed by atoms with E-state index in [1.165, 1.54) is 22.3 Å². The molecule has 0 unspecified atom stereocenters. The smallest absolute Gasteiger partial charge is 0.0471 e. The summed E-state index contributed by atoms with van der Waals surface area (Å²) in [5.74, 6) is 0. The average molecular weight is 450 g/mol. The van der Waals surface area contributed by atoms with Gasteiger partial charge in [0.15, 0.2) is 0 Å². The highest BCUT2D eigenvalue weighted by Gasteiger charge is 2.35. The Morgan fingerprint density at radius 2 is 1.09 bits per heavy atom. The number of fused-ring (bicyclic) bond motifs is 3. The van der Waals surface area contributed by atoms with Gasteiger partial charge in [-0.2, -0.15) is 0 Å². The van der Waals surface area contributed by atoms with Gasteiger partial charge in [0.05, 0.1) is 0 Å². The molecule has 0 saturated carbocycles. The first-order chi connectivity index (χ1) is 16.5. The van der Waals surface area contributed by atoms with E-state index in [9.17, 15) is 10.2 Å². The fourth-order valence-electron chi connectivity index (χ4n) is 5.16. The Morgan fingerprint density at radius 1 is 0.588 bits per heavy atom. The summed E-state index contributed by atoms with van der Waals surface area (Å²) in [6.45, 7) is 4.91. The van der Waals surface area contributed by atoms with Gasteiger partial charge in [0.1, 0.15) is 0 Å². The number of anilines is 3. The average Bonchev–Trinajstić information content (AvgIpc) is 3.09. The van der Waals surface area contributed by atoms with Crippen LogP contribution in [0.3, 0.4) is 0 Å². The fraction of sp³-hybridized carbons (Fsp3) is 0.226. The zero-order valence-electron chi connectivity index (χ0n) is 19.8. The lowest BCUT2D eigenvalue weighted by Gasteiger charge is -2.28. The Kier molecular flexibility index (Phi) is 5.99. The normalized spacial score (nSPS) is 13.4. The van der Waals surface area contributed by atoms with Crippen molar-refractivity contribution >= 4 is 17.1 Å². The molecule has 0 heterocycles. The third-order valence-corrected chi connectivity index (χ3v) is 7.02. The third kappa shape index (κ3) is 3.91. The van der Waals surface area contributed by atoms with E-state index in [0.717, 1.165) is 28.2 Å². The molecule has 1 aliphatic carbocycles. The minimum absolute atomic E-state index is 0.0659. The van der Waals surface area contributed by atoms with E-state index in [2.05, 4.69) is 110 Å². The van der Waals surface area contributed by atoms with Gasteiger partial charge in [-0.25, -0.2) is 0 Å². The number of aliphatic hydroxyl groups is 2. The van der Waals surface area contributed by atoms with E-state index in [4.69, 9.17) is 0 Å². The van der Waals surface area contributed by atoms with Crippen molar-refractivity contribution in [2.45, 2.75) is 32.1 Å². The second kappa shape index (κ2) is 9.09. The van der Waals surface area contributed by atoms with E-state index < -0.39 is 0 Å². The highest BCUT2D eigenvalue weighted by molar-refractivity contribution is 5.85. The second-order valence-electron chi connectivity index (χ2n) is 9.52. The van der Waals surface area contributed by atoms with Crippen molar-refractivity contribution in [2.75, 3.05) is 18.1 Å². The van der Waals surface area contributed by atoms with Gasteiger partial charge >= 0.3 is 0 Å². The van der Waals surface area contributed by atoms with Gasteiger partial charge in [-0.1, -0.05) is 68.4 Å². The maximum atomic E-state index is 9.31. The number of rotatable bonds is 7. The third-order valence-electron chi connectivity index (χ3n) is 7.02. The van der Waals surface area contributed by atoms with Gasteiger partial charge in [-0.05, 0) is 82.6 Å². The van der Waals surface area contributed by atoms with Crippen molar-refractivity contribution < 1.29 is 10.2 Å². The van der Waals surface area contributed by atoms with Crippen molar-refractivity contribution in [3.05, 3.63) is 113 Å². The first-order valence-electron chi connectivity index (χ1n) is 12.0. The van der Waals surface area contributed by atoms with Crippen LogP contribution in [-0.2, 0) is 18.3 Å². The molecule has 3 nitrogen and oxygen atoms in total. The zero-order chi connectivity index (χ0) is 23.7. The Hall–Kier alpha value is -3.40. The molecular formula is C31H31NO2. The van der Waals surface area contributed by atoms with Crippen molar-refractivity contribution in [1.29, 1.82) is 0 Å². The summed E-state index contributed by atoms with van der Waals surface area (Å²) in [7, 11) is 0. The lowest BCUT2D eigenvalue weighted by Crippen LogP contribution is -2.16. The van der Waals surface area contributed by atoms with Crippen molar-refractivity contribution in [3.63, 3.8) is 0 Å². The molecule has 3 heteroatoms. The summed E-state index contributed by atoms with van der Waals surface area (Å²) in [6, 6.07) is 32.4. The van der Waals surface area contributed by atoms with Gasteiger partial charge in [-0.15, -0.1) is 0 Å². The van der Waals surface area contributed by atoms with Gasteiger partial charge in [0, 0.05) is 35.7 Å². The first kappa shape index (κ1) is 22.4. The number of aliphatic hydroxyl groups excluding tert-OH is 2. The molecule has 0 amide bonds. The quantitative estimate of drug-likeness (QED) is 0.337.